The number of nitrogens with one attached hydrogen (secondary N) is 2. The SMILES string of the molecule is CCCCNC(=O)c1ccc(NC(=O)C(C)Oc2ccccc2C(C)CC)cc1. The quantitative estimate of drug-likeness (QED) is 0.547. The molecule has 0 fully saturated rings. The van der Waals surface area contributed by atoms with Crippen LogP contribution in [0.2, 0.25) is 0 Å². The van der Waals surface area contributed by atoms with Gasteiger partial charge in [0.2, 0.25) is 0 Å². The standard InChI is InChI=1S/C24H32N2O3/c1-5-7-16-25-24(28)19-12-14-20(15-13-19)26-23(27)18(4)29-22-11-9-8-10-21(22)17(3)6-2/h8-15,17-18H,5-7,16H2,1-4H3,(H,25,28)(H,26,27). The van der Waals surface area contributed by atoms with Crippen LogP contribution in [0.1, 0.15) is 68.8 Å². The molecule has 0 aliphatic heterocycles. The van der Waals surface area contributed by atoms with Gasteiger partial charge in [-0.15, -0.1) is 0 Å². The van der Waals surface area contributed by atoms with Gasteiger partial charge in [0.15, 0.2) is 6.10 Å². The van der Waals surface area contributed by atoms with Crippen LogP contribution in [0.3, 0.4) is 0 Å². The Morgan fingerprint density at radius 2 is 1.69 bits per heavy atom. The van der Waals surface area contributed by atoms with Crippen LogP contribution in [-0.2, 0) is 4.79 Å². The molecule has 0 bridgehead atoms. The lowest BCUT2D eigenvalue weighted by molar-refractivity contribution is -0.122. The van der Waals surface area contributed by atoms with E-state index in [0.29, 0.717) is 23.7 Å². The lowest BCUT2D eigenvalue weighted by Crippen LogP contribution is -2.30. The first-order valence-electron chi connectivity index (χ1n) is 10.4. The van der Waals surface area contributed by atoms with E-state index in [2.05, 4.69) is 31.4 Å². The summed E-state index contributed by atoms with van der Waals surface area (Å²) in [6.07, 6.45) is 2.35. The first kappa shape index (κ1) is 22.5. The third-order valence-corrected chi connectivity index (χ3v) is 4.97. The Balaban J connectivity index is 1.95. The summed E-state index contributed by atoms with van der Waals surface area (Å²) in [5.41, 5.74) is 2.31. The van der Waals surface area contributed by atoms with E-state index in [9.17, 15) is 9.59 Å². The molecule has 2 aromatic carbocycles. The molecule has 0 spiro atoms. The van der Waals surface area contributed by atoms with E-state index < -0.39 is 6.10 Å². The Kier molecular flexibility index (Phi) is 8.71. The number of hydrogen-bond acceptors (Lipinski definition) is 3. The van der Waals surface area contributed by atoms with Gasteiger partial charge in [0.25, 0.3) is 11.8 Å². The van der Waals surface area contributed by atoms with Gasteiger partial charge in [-0.1, -0.05) is 45.4 Å². The monoisotopic (exact) mass is 396 g/mol. The summed E-state index contributed by atoms with van der Waals surface area (Å²) in [5.74, 6) is 0.764. The van der Waals surface area contributed by atoms with Crippen molar-refractivity contribution in [3.05, 3.63) is 59.7 Å². The Labute approximate surface area is 173 Å². The summed E-state index contributed by atoms with van der Waals surface area (Å²) in [6.45, 7) is 8.76. The molecule has 0 aliphatic rings. The summed E-state index contributed by atoms with van der Waals surface area (Å²) in [7, 11) is 0. The number of ether oxygens (including phenoxy) is 1. The minimum absolute atomic E-state index is 0.102. The highest BCUT2D eigenvalue weighted by atomic mass is 16.5. The average molecular weight is 397 g/mol. The van der Waals surface area contributed by atoms with Gasteiger partial charge in [0.1, 0.15) is 5.75 Å². The summed E-state index contributed by atoms with van der Waals surface area (Å²) in [6, 6.07) is 14.7. The van der Waals surface area contributed by atoms with Gasteiger partial charge < -0.3 is 15.4 Å². The molecule has 156 valence electrons. The summed E-state index contributed by atoms with van der Waals surface area (Å²) in [4.78, 5) is 24.6. The Hall–Kier alpha value is -2.82. The summed E-state index contributed by atoms with van der Waals surface area (Å²) < 4.78 is 5.94. The van der Waals surface area contributed by atoms with Crippen LogP contribution in [0, 0.1) is 0 Å². The zero-order valence-corrected chi connectivity index (χ0v) is 17.8. The Morgan fingerprint density at radius 1 is 1.00 bits per heavy atom. The van der Waals surface area contributed by atoms with Crippen molar-refractivity contribution in [3.63, 3.8) is 0 Å². The van der Waals surface area contributed by atoms with Gasteiger partial charge in [-0.3, -0.25) is 9.59 Å². The summed E-state index contributed by atoms with van der Waals surface area (Å²) in [5, 5.41) is 5.73. The van der Waals surface area contributed by atoms with Crippen LogP contribution >= 0.6 is 0 Å². The van der Waals surface area contributed by atoms with E-state index in [0.717, 1.165) is 30.6 Å². The van der Waals surface area contributed by atoms with Gasteiger partial charge in [0, 0.05) is 17.8 Å². The fraction of sp³-hybridized carbons (Fsp3) is 0.417. The third kappa shape index (κ3) is 6.63. The molecule has 2 rings (SSSR count). The zero-order valence-electron chi connectivity index (χ0n) is 17.8. The number of carbonyl (C=O) groups is 2. The molecule has 2 N–H and O–H groups in total. The number of anilines is 1. The molecule has 0 radical (unpaired) electrons. The van der Waals surface area contributed by atoms with Crippen molar-refractivity contribution in [2.45, 2.75) is 59.0 Å². The molecular weight excluding hydrogens is 364 g/mol. The molecule has 2 atom stereocenters. The highest BCUT2D eigenvalue weighted by Gasteiger charge is 2.18. The van der Waals surface area contributed by atoms with Gasteiger partial charge in [-0.25, -0.2) is 0 Å². The van der Waals surface area contributed by atoms with Crippen molar-refractivity contribution >= 4 is 17.5 Å². The molecular formula is C24H32N2O3. The van der Waals surface area contributed by atoms with Gasteiger partial charge in [-0.05, 0) is 61.6 Å². The van der Waals surface area contributed by atoms with Crippen LogP contribution in [0.25, 0.3) is 0 Å². The van der Waals surface area contributed by atoms with Crippen molar-refractivity contribution < 1.29 is 14.3 Å². The molecule has 2 amide bonds. The highest BCUT2D eigenvalue weighted by Crippen LogP contribution is 2.29. The minimum atomic E-state index is -0.641. The smallest absolute Gasteiger partial charge is 0.265 e. The lowest BCUT2D eigenvalue weighted by Gasteiger charge is -2.19. The van der Waals surface area contributed by atoms with E-state index >= 15 is 0 Å². The number of unbranched alkanes of at least 4 members (excludes halogenated alkanes) is 1. The van der Waals surface area contributed by atoms with Crippen LogP contribution in [0.5, 0.6) is 5.75 Å². The maximum absolute atomic E-state index is 12.5. The third-order valence-electron chi connectivity index (χ3n) is 4.97. The van der Waals surface area contributed by atoms with Crippen LogP contribution in [0.15, 0.2) is 48.5 Å². The maximum atomic E-state index is 12.5. The summed E-state index contributed by atoms with van der Waals surface area (Å²) >= 11 is 0. The fourth-order valence-corrected chi connectivity index (χ4v) is 2.89. The number of rotatable bonds is 10. The van der Waals surface area contributed by atoms with E-state index in [4.69, 9.17) is 4.74 Å². The van der Waals surface area contributed by atoms with Crippen LogP contribution < -0.4 is 15.4 Å². The Morgan fingerprint density at radius 3 is 2.34 bits per heavy atom. The lowest BCUT2D eigenvalue weighted by atomic mass is 9.98. The van der Waals surface area contributed by atoms with Gasteiger partial charge in [-0.2, -0.15) is 0 Å². The molecule has 0 saturated heterocycles. The first-order chi connectivity index (χ1) is 14.0. The van der Waals surface area contributed by atoms with Gasteiger partial charge in [0.05, 0.1) is 0 Å². The van der Waals surface area contributed by atoms with E-state index in [1.807, 2.05) is 24.3 Å². The van der Waals surface area contributed by atoms with Crippen LogP contribution in [0.4, 0.5) is 5.69 Å². The van der Waals surface area contributed by atoms with Gasteiger partial charge >= 0.3 is 0 Å². The molecule has 5 heteroatoms. The molecule has 0 aliphatic carbocycles. The second kappa shape index (κ2) is 11.2. The average Bonchev–Trinajstić information content (AvgIpc) is 2.74. The first-order valence-corrected chi connectivity index (χ1v) is 10.4. The maximum Gasteiger partial charge on any atom is 0.265 e. The highest BCUT2D eigenvalue weighted by molar-refractivity contribution is 5.96. The van der Waals surface area contributed by atoms with E-state index in [1.165, 1.54) is 0 Å². The molecule has 29 heavy (non-hydrogen) atoms. The van der Waals surface area contributed by atoms with Crippen LogP contribution in [-0.4, -0.2) is 24.5 Å². The number of benzene rings is 2. The minimum Gasteiger partial charge on any atom is -0.481 e. The molecule has 5 nitrogen and oxygen atoms in total. The van der Waals surface area contributed by atoms with E-state index in [1.54, 1.807) is 31.2 Å². The molecule has 0 aromatic heterocycles. The van der Waals surface area contributed by atoms with E-state index in [-0.39, 0.29) is 11.8 Å². The second-order valence-corrected chi connectivity index (χ2v) is 7.28. The zero-order chi connectivity index (χ0) is 21.2. The number of amides is 2. The largest absolute Gasteiger partial charge is 0.481 e. The van der Waals surface area contributed by atoms with Crippen molar-refractivity contribution in [2.24, 2.45) is 0 Å². The topological polar surface area (TPSA) is 67.4 Å². The number of para-hydroxylation sites is 1. The van der Waals surface area contributed by atoms with Crippen molar-refractivity contribution in [1.82, 2.24) is 5.32 Å². The molecule has 0 saturated carbocycles. The normalized spacial score (nSPS) is 12.7. The predicted octanol–water partition coefficient (Wildman–Crippen LogP) is 5.14. The van der Waals surface area contributed by atoms with Crippen molar-refractivity contribution in [1.29, 1.82) is 0 Å². The van der Waals surface area contributed by atoms with Crippen molar-refractivity contribution in [2.75, 3.05) is 11.9 Å². The number of hydrogen-bond donors (Lipinski definition) is 2. The fourth-order valence-electron chi connectivity index (χ4n) is 2.89. The molecule has 0 heterocycles. The number of carbonyl (C=O) groups excluding carboxylic acids is 2. The predicted molar refractivity (Wildman–Crippen MR) is 118 cm³/mol. The molecule has 2 aromatic rings. The molecule has 2 unspecified atom stereocenters. The Bertz CT molecular complexity index is 802. The second-order valence-electron chi connectivity index (χ2n) is 7.28. The van der Waals surface area contributed by atoms with Crippen molar-refractivity contribution in [3.8, 4) is 5.75 Å².